The SMILES string of the molecule is CC(C)[C@H](O)C(=O)CC1Cc2ccc3c(c2)C2(c4ccccc4N[C@H]2O3)c2oc(nc2C(=O)N2CCCC2)[C@H](C(C)C)NC1=O. The first-order valence-electron chi connectivity index (χ1n) is 16.1. The van der Waals surface area contributed by atoms with Crippen LogP contribution in [0.15, 0.2) is 46.9 Å². The quantitative estimate of drug-likeness (QED) is 0.374. The first kappa shape index (κ1) is 29.5. The summed E-state index contributed by atoms with van der Waals surface area (Å²) < 4.78 is 13.3. The van der Waals surface area contributed by atoms with Crippen molar-refractivity contribution in [2.45, 2.75) is 77.2 Å². The Bertz CT molecular complexity index is 1670. The number of rotatable bonds is 6. The Morgan fingerprint density at radius 1 is 1.07 bits per heavy atom. The number of carbonyl (C=O) groups is 3. The molecule has 7 rings (SSSR count). The van der Waals surface area contributed by atoms with E-state index in [0.29, 0.717) is 24.6 Å². The minimum atomic E-state index is -1.16. The molecule has 1 saturated heterocycles. The van der Waals surface area contributed by atoms with Gasteiger partial charge < -0.3 is 29.8 Å². The zero-order chi connectivity index (χ0) is 31.6. The number of aliphatic hydroxyl groups is 1. The van der Waals surface area contributed by atoms with Gasteiger partial charge in [0.1, 0.15) is 23.3 Å². The van der Waals surface area contributed by atoms with Gasteiger partial charge in [0, 0.05) is 36.7 Å². The van der Waals surface area contributed by atoms with E-state index >= 15 is 0 Å². The number of para-hydroxylation sites is 1. The van der Waals surface area contributed by atoms with Gasteiger partial charge in [0.15, 0.2) is 23.5 Å². The summed E-state index contributed by atoms with van der Waals surface area (Å²) in [5, 5.41) is 17.2. The number of nitrogens with zero attached hydrogens (tertiary/aromatic N) is 2. The molecule has 45 heavy (non-hydrogen) atoms. The summed E-state index contributed by atoms with van der Waals surface area (Å²) in [4.78, 5) is 48.1. The maximum absolute atomic E-state index is 14.2. The zero-order valence-corrected chi connectivity index (χ0v) is 26.1. The highest BCUT2D eigenvalue weighted by Crippen LogP contribution is 2.58. The third-order valence-corrected chi connectivity index (χ3v) is 9.84. The number of fused-ring (bicyclic) bond motifs is 4. The highest BCUT2D eigenvalue weighted by Gasteiger charge is 2.61. The Morgan fingerprint density at radius 3 is 2.56 bits per heavy atom. The lowest BCUT2D eigenvalue weighted by atomic mass is 9.72. The molecular weight excluding hydrogens is 572 g/mol. The summed E-state index contributed by atoms with van der Waals surface area (Å²) in [5.74, 6) is -0.767. The highest BCUT2D eigenvalue weighted by atomic mass is 16.5. The number of ether oxygens (including phenoxy) is 1. The van der Waals surface area contributed by atoms with Crippen LogP contribution in [0.25, 0.3) is 0 Å². The van der Waals surface area contributed by atoms with E-state index in [1.165, 1.54) is 0 Å². The van der Waals surface area contributed by atoms with Crippen LogP contribution in [0.5, 0.6) is 5.75 Å². The molecule has 1 aromatic heterocycles. The van der Waals surface area contributed by atoms with Gasteiger partial charge in [0.2, 0.25) is 11.8 Å². The number of hydrogen-bond acceptors (Lipinski definition) is 8. The minimum Gasteiger partial charge on any atom is -0.469 e. The predicted octanol–water partition coefficient (Wildman–Crippen LogP) is 4.35. The molecule has 10 heteroatoms. The van der Waals surface area contributed by atoms with Crippen LogP contribution >= 0.6 is 0 Å². The van der Waals surface area contributed by atoms with E-state index < -0.39 is 29.7 Å². The van der Waals surface area contributed by atoms with E-state index in [9.17, 15) is 19.5 Å². The normalized spacial score (nSPS) is 25.5. The summed E-state index contributed by atoms with van der Waals surface area (Å²) in [6.45, 7) is 8.76. The van der Waals surface area contributed by atoms with Gasteiger partial charge in [0.05, 0.1) is 0 Å². The smallest absolute Gasteiger partial charge is 0.276 e. The molecule has 1 spiro atoms. The molecule has 10 nitrogen and oxygen atoms in total. The Kier molecular flexibility index (Phi) is 7.23. The fourth-order valence-corrected chi connectivity index (χ4v) is 7.37. The third kappa shape index (κ3) is 4.64. The number of amides is 2. The largest absolute Gasteiger partial charge is 0.469 e. The molecule has 5 heterocycles. The van der Waals surface area contributed by atoms with Crippen molar-refractivity contribution < 1.29 is 28.6 Å². The molecule has 2 aromatic carbocycles. The first-order chi connectivity index (χ1) is 21.6. The monoisotopic (exact) mass is 612 g/mol. The van der Waals surface area contributed by atoms with E-state index in [1.54, 1.807) is 13.8 Å². The molecule has 3 N–H and O–H groups in total. The van der Waals surface area contributed by atoms with Gasteiger partial charge in [0.25, 0.3) is 5.91 Å². The number of nitrogens with one attached hydrogen (secondary N) is 2. The summed E-state index contributed by atoms with van der Waals surface area (Å²) in [6.07, 6.45) is 0.261. The fraction of sp³-hybridized carbons (Fsp3) is 0.486. The van der Waals surface area contributed by atoms with Crippen molar-refractivity contribution in [3.8, 4) is 5.75 Å². The van der Waals surface area contributed by atoms with Crippen molar-refractivity contribution >= 4 is 23.3 Å². The second kappa shape index (κ2) is 11.0. The second-order valence-electron chi connectivity index (χ2n) is 13.5. The molecule has 1 fully saturated rings. The number of ketones is 1. The van der Waals surface area contributed by atoms with E-state index in [4.69, 9.17) is 14.1 Å². The maximum atomic E-state index is 14.2. The van der Waals surface area contributed by atoms with Gasteiger partial charge in [-0.05, 0) is 54.4 Å². The lowest BCUT2D eigenvalue weighted by Crippen LogP contribution is -2.42. The second-order valence-corrected chi connectivity index (χ2v) is 13.5. The number of carbonyl (C=O) groups excluding carboxylic acids is 3. The van der Waals surface area contributed by atoms with Gasteiger partial charge in [-0.1, -0.05) is 58.0 Å². The van der Waals surface area contributed by atoms with Crippen LogP contribution in [-0.4, -0.2) is 58.0 Å². The van der Waals surface area contributed by atoms with E-state index in [0.717, 1.165) is 35.2 Å². The maximum Gasteiger partial charge on any atom is 0.276 e. The molecule has 5 atom stereocenters. The highest BCUT2D eigenvalue weighted by molar-refractivity contribution is 5.95. The molecule has 3 aromatic rings. The van der Waals surface area contributed by atoms with Crippen molar-refractivity contribution in [1.29, 1.82) is 0 Å². The predicted molar refractivity (Wildman–Crippen MR) is 166 cm³/mol. The number of benzene rings is 2. The summed E-state index contributed by atoms with van der Waals surface area (Å²) >= 11 is 0. The molecule has 0 aliphatic carbocycles. The molecule has 4 aliphatic heterocycles. The Hall–Kier alpha value is -4.18. The van der Waals surface area contributed by atoms with Crippen LogP contribution in [0.2, 0.25) is 0 Å². The van der Waals surface area contributed by atoms with Crippen molar-refractivity contribution in [3.05, 3.63) is 76.5 Å². The van der Waals surface area contributed by atoms with Gasteiger partial charge in [-0.15, -0.1) is 0 Å². The van der Waals surface area contributed by atoms with Crippen molar-refractivity contribution in [3.63, 3.8) is 0 Å². The van der Waals surface area contributed by atoms with Crippen LogP contribution in [-0.2, 0) is 21.4 Å². The van der Waals surface area contributed by atoms with Crippen LogP contribution < -0.4 is 15.4 Å². The molecule has 2 amide bonds. The van der Waals surface area contributed by atoms with Gasteiger partial charge >= 0.3 is 0 Å². The first-order valence-corrected chi connectivity index (χ1v) is 16.1. The Labute approximate surface area is 262 Å². The van der Waals surface area contributed by atoms with Gasteiger partial charge in [-0.25, -0.2) is 4.98 Å². The van der Waals surface area contributed by atoms with Crippen LogP contribution in [0, 0.1) is 17.8 Å². The van der Waals surface area contributed by atoms with Crippen LogP contribution in [0.3, 0.4) is 0 Å². The lowest BCUT2D eigenvalue weighted by Gasteiger charge is -2.29. The minimum absolute atomic E-state index is 0.114. The van der Waals surface area contributed by atoms with Crippen molar-refractivity contribution in [2.75, 3.05) is 18.4 Å². The van der Waals surface area contributed by atoms with Crippen LogP contribution in [0.1, 0.15) is 91.8 Å². The average Bonchev–Trinajstić information content (AvgIpc) is 3.80. The molecule has 2 unspecified atom stereocenters. The Balaban J connectivity index is 1.46. The lowest BCUT2D eigenvalue weighted by molar-refractivity contribution is -0.135. The standard InChI is InChI=1S/C35H40N4O6/c1-18(2)27-32-38-28(33(43)39-13-7-8-14-39)30(45-32)35-22-9-5-6-10-24(22)36-34(35)44-26-12-11-20(16-23(26)35)15-21(31(42)37-27)17-25(40)29(41)19(3)4/h5-6,9-12,16,18-19,21,27,29,34,36,41H,7-8,13-15,17H2,1-4H3,(H,37,42)/t21?,27-,29-,34-,35?/m0/s1. The number of oxazole rings is 1. The topological polar surface area (TPSA) is 134 Å². The van der Waals surface area contributed by atoms with Gasteiger partial charge in [-0.3, -0.25) is 14.4 Å². The van der Waals surface area contributed by atoms with E-state index in [-0.39, 0.29) is 53.9 Å². The van der Waals surface area contributed by atoms with E-state index in [2.05, 4.69) is 10.6 Å². The average molecular weight is 613 g/mol. The zero-order valence-electron chi connectivity index (χ0n) is 26.1. The summed E-state index contributed by atoms with van der Waals surface area (Å²) in [5.41, 5.74) is 2.64. The fourth-order valence-electron chi connectivity index (χ4n) is 7.37. The molecule has 4 bridgehead atoms. The Morgan fingerprint density at radius 2 is 1.82 bits per heavy atom. The molecule has 236 valence electrons. The molecule has 0 saturated carbocycles. The third-order valence-electron chi connectivity index (χ3n) is 9.84. The summed E-state index contributed by atoms with van der Waals surface area (Å²) in [7, 11) is 0. The number of likely N-dealkylation sites (tertiary alicyclic amines) is 1. The number of hydrogen-bond donors (Lipinski definition) is 3. The molecule has 0 radical (unpaired) electrons. The number of anilines is 1. The molecule has 4 aliphatic rings. The van der Waals surface area contributed by atoms with E-state index in [1.807, 2.05) is 61.2 Å². The van der Waals surface area contributed by atoms with Crippen LogP contribution in [0.4, 0.5) is 5.69 Å². The number of Topliss-reactive ketones (excluding diaryl/α,β-unsaturated/α-hetero) is 1. The van der Waals surface area contributed by atoms with Crippen molar-refractivity contribution in [2.24, 2.45) is 17.8 Å². The number of aromatic nitrogens is 1. The summed E-state index contributed by atoms with van der Waals surface area (Å²) in [6, 6.07) is 13.1. The number of aliphatic hydroxyl groups excluding tert-OH is 1. The molecular formula is C35H40N4O6. The van der Waals surface area contributed by atoms with Crippen molar-refractivity contribution in [1.82, 2.24) is 15.2 Å². The van der Waals surface area contributed by atoms with Gasteiger partial charge in [-0.2, -0.15) is 0 Å².